The van der Waals surface area contributed by atoms with E-state index in [0.717, 1.165) is 0 Å². The van der Waals surface area contributed by atoms with Gasteiger partial charge in [0.25, 0.3) is 5.91 Å². The molecule has 0 aliphatic carbocycles. The minimum Gasteiger partial charge on any atom is -0.391 e. The van der Waals surface area contributed by atoms with Crippen molar-refractivity contribution in [2.75, 3.05) is 6.54 Å². The smallest absolute Gasteiger partial charge is 0.251 e. The molecule has 0 fully saturated rings. The minimum atomic E-state index is -1.44. The van der Waals surface area contributed by atoms with Crippen molar-refractivity contribution < 1.29 is 20.1 Å². The summed E-state index contributed by atoms with van der Waals surface area (Å²) in [6.45, 7) is 5.30. The molecule has 0 heterocycles. The van der Waals surface area contributed by atoms with Crippen LogP contribution in [0.4, 0.5) is 0 Å². The standard InChI is InChI=1S/C10H21NO4/c1-4-7(12)5-11-10(15)9(14)8(13)6(2)3/h6-9,12-14H,4-5H2,1-3H3,(H,11,15). The molecule has 0 aliphatic heterocycles. The van der Waals surface area contributed by atoms with Crippen molar-refractivity contribution in [3.05, 3.63) is 0 Å². The zero-order valence-corrected chi connectivity index (χ0v) is 9.47. The molecule has 0 radical (unpaired) electrons. The maximum atomic E-state index is 11.3. The van der Waals surface area contributed by atoms with E-state index in [2.05, 4.69) is 5.32 Å². The summed E-state index contributed by atoms with van der Waals surface area (Å²) in [7, 11) is 0. The van der Waals surface area contributed by atoms with E-state index in [-0.39, 0.29) is 12.5 Å². The lowest BCUT2D eigenvalue weighted by Crippen LogP contribution is -2.46. The first-order chi connectivity index (χ1) is 6.90. The molecule has 0 aromatic heterocycles. The number of hydrogen-bond acceptors (Lipinski definition) is 4. The molecular formula is C10H21NO4. The molecule has 0 aliphatic rings. The van der Waals surface area contributed by atoms with E-state index in [9.17, 15) is 20.1 Å². The van der Waals surface area contributed by atoms with E-state index in [1.165, 1.54) is 0 Å². The van der Waals surface area contributed by atoms with Crippen LogP contribution in [0, 0.1) is 5.92 Å². The van der Waals surface area contributed by atoms with E-state index in [0.29, 0.717) is 6.42 Å². The van der Waals surface area contributed by atoms with Gasteiger partial charge in [-0.05, 0) is 12.3 Å². The van der Waals surface area contributed by atoms with Gasteiger partial charge in [-0.3, -0.25) is 4.79 Å². The topological polar surface area (TPSA) is 89.8 Å². The van der Waals surface area contributed by atoms with Gasteiger partial charge in [-0.2, -0.15) is 0 Å². The normalized spacial score (nSPS) is 17.3. The van der Waals surface area contributed by atoms with Gasteiger partial charge in [-0.1, -0.05) is 20.8 Å². The largest absolute Gasteiger partial charge is 0.391 e. The number of nitrogens with one attached hydrogen (secondary N) is 1. The number of rotatable bonds is 6. The number of hydrogen-bond donors (Lipinski definition) is 4. The maximum Gasteiger partial charge on any atom is 0.251 e. The Morgan fingerprint density at radius 3 is 2.20 bits per heavy atom. The number of carbonyl (C=O) groups is 1. The van der Waals surface area contributed by atoms with E-state index in [1.54, 1.807) is 20.8 Å². The molecule has 3 atom stereocenters. The molecule has 15 heavy (non-hydrogen) atoms. The molecule has 0 aromatic rings. The van der Waals surface area contributed by atoms with E-state index < -0.39 is 24.2 Å². The van der Waals surface area contributed by atoms with Crippen molar-refractivity contribution >= 4 is 5.91 Å². The Morgan fingerprint density at radius 2 is 1.80 bits per heavy atom. The predicted octanol–water partition coefficient (Wildman–Crippen LogP) is -0.749. The van der Waals surface area contributed by atoms with Crippen molar-refractivity contribution in [1.82, 2.24) is 5.32 Å². The number of aliphatic hydroxyl groups excluding tert-OH is 3. The first-order valence-corrected chi connectivity index (χ1v) is 5.22. The van der Waals surface area contributed by atoms with Crippen LogP contribution in [-0.4, -0.2) is 46.1 Å². The molecule has 1 amide bonds. The summed E-state index contributed by atoms with van der Waals surface area (Å²) in [5.41, 5.74) is 0. The van der Waals surface area contributed by atoms with Crippen molar-refractivity contribution in [2.45, 2.75) is 45.5 Å². The van der Waals surface area contributed by atoms with Gasteiger partial charge in [0.15, 0.2) is 6.10 Å². The van der Waals surface area contributed by atoms with Crippen molar-refractivity contribution in [3.8, 4) is 0 Å². The van der Waals surface area contributed by atoms with Crippen molar-refractivity contribution in [2.24, 2.45) is 5.92 Å². The molecule has 0 spiro atoms. The second-order valence-corrected chi connectivity index (χ2v) is 3.99. The summed E-state index contributed by atoms with van der Waals surface area (Å²) >= 11 is 0. The number of carbonyl (C=O) groups excluding carboxylic acids is 1. The monoisotopic (exact) mass is 219 g/mol. The summed E-state index contributed by atoms with van der Waals surface area (Å²) in [4.78, 5) is 11.3. The molecule has 5 nitrogen and oxygen atoms in total. The molecule has 0 saturated heterocycles. The third kappa shape index (κ3) is 5.11. The Labute approximate surface area is 90.1 Å². The lowest BCUT2D eigenvalue weighted by molar-refractivity contribution is -0.137. The van der Waals surface area contributed by atoms with Gasteiger partial charge in [0.1, 0.15) is 0 Å². The highest BCUT2D eigenvalue weighted by atomic mass is 16.3. The molecule has 0 bridgehead atoms. The van der Waals surface area contributed by atoms with E-state index in [1.807, 2.05) is 0 Å². The fraction of sp³-hybridized carbons (Fsp3) is 0.900. The Kier molecular flexibility index (Phi) is 6.47. The summed E-state index contributed by atoms with van der Waals surface area (Å²) in [6.07, 6.45) is -2.60. The van der Waals surface area contributed by atoms with Crippen LogP contribution in [0.2, 0.25) is 0 Å². The number of amides is 1. The summed E-state index contributed by atoms with van der Waals surface area (Å²) < 4.78 is 0. The van der Waals surface area contributed by atoms with Gasteiger partial charge in [0.05, 0.1) is 12.2 Å². The highest BCUT2D eigenvalue weighted by Crippen LogP contribution is 2.06. The molecule has 90 valence electrons. The Balaban J connectivity index is 3.99. The average molecular weight is 219 g/mol. The zero-order chi connectivity index (χ0) is 12.0. The second kappa shape index (κ2) is 6.76. The van der Waals surface area contributed by atoms with Gasteiger partial charge >= 0.3 is 0 Å². The van der Waals surface area contributed by atoms with Gasteiger partial charge in [-0.25, -0.2) is 0 Å². The summed E-state index contributed by atoms with van der Waals surface area (Å²) in [5, 5.41) is 30.4. The maximum absolute atomic E-state index is 11.3. The Hall–Kier alpha value is -0.650. The Bertz CT molecular complexity index is 196. The van der Waals surface area contributed by atoms with Crippen LogP contribution in [0.3, 0.4) is 0 Å². The molecule has 4 N–H and O–H groups in total. The first kappa shape index (κ1) is 14.3. The van der Waals surface area contributed by atoms with Gasteiger partial charge in [0, 0.05) is 6.54 Å². The molecule has 0 saturated carbocycles. The molecule has 3 unspecified atom stereocenters. The highest BCUT2D eigenvalue weighted by Gasteiger charge is 2.26. The van der Waals surface area contributed by atoms with E-state index in [4.69, 9.17) is 0 Å². The first-order valence-electron chi connectivity index (χ1n) is 5.22. The summed E-state index contributed by atoms with van der Waals surface area (Å²) in [6, 6.07) is 0. The molecular weight excluding hydrogens is 198 g/mol. The Morgan fingerprint density at radius 1 is 1.27 bits per heavy atom. The van der Waals surface area contributed by atoms with Crippen LogP contribution in [-0.2, 0) is 4.79 Å². The minimum absolute atomic E-state index is 0.0945. The van der Waals surface area contributed by atoms with Crippen LogP contribution < -0.4 is 5.32 Å². The SMILES string of the molecule is CCC(O)CNC(=O)C(O)C(O)C(C)C. The average Bonchev–Trinajstić information content (AvgIpc) is 2.22. The van der Waals surface area contributed by atoms with E-state index >= 15 is 0 Å². The van der Waals surface area contributed by atoms with Gasteiger partial charge in [0.2, 0.25) is 0 Å². The van der Waals surface area contributed by atoms with Crippen LogP contribution in [0.1, 0.15) is 27.2 Å². The van der Waals surface area contributed by atoms with Gasteiger partial charge in [-0.15, -0.1) is 0 Å². The third-order valence-corrected chi connectivity index (χ3v) is 2.26. The lowest BCUT2D eigenvalue weighted by atomic mass is 10.0. The third-order valence-electron chi connectivity index (χ3n) is 2.26. The molecule has 0 rings (SSSR count). The quantitative estimate of drug-likeness (QED) is 0.473. The zero-order valence-electron chi connectivity index (χ0n) is 9.47. The fourth-order valence-electron chi connectivity index (χ4n) is 0.987. The van der Waals surface area contributed by atoms with Crippen molar-refractivity contribution in [1.29, 1.82) is 0 Å². The number of aliphatic hydroxyl groups is 3. The second-order valence-electron chi connectivity index (χ2n) is 3.99. The van der Waals surface area contributed by atoms with Crippen LogP contribution in [0.15, 0.2) is 0 Å². The van der Waals surface area contributed by atoms with Crippen molar-refractivity contribution in [3.63, 3.8) is 0 Å². The molecule has 0 aromatic carbocycles. The fourth-order valence-corrected chi connectivity index (χ4v) is 0.987. The predicted molar refractivity (Wildman–Crippen MR) is 56.2 cm³/mol. The summed E-state index contributed by atoms with van der Waals surface area (Å²) in [5.74, 6) is -0.842. The lowest BCUT2D eigenvalue weighted by Gasteiger charge is -2.20. The highest BCUT2D eigenvalue weighted by molar-refractivity contribution is 5.81. The van der Waals surface area contributed by atoms with Crippen LogP contribution >= 0.6 is 0 Å². The van der Waals surface area contributed by atoms with Crippen LogP contribution in [0.25, 0.3) is 0 Å². The van der Waals surface area contributed by atoms with Crippen LogP contribution in [0.5, 0.6) is 0 Å². The molecule has 5 heteroatoms. The van der Waals surface area contributed by atoms with Gasteiger partial charge < -0.3 is 20.6 Å².